The number of nitrogens with two attached hydrogens (primary N) is 1. The molecule has 14 N–H and O–H groups in total. The summed E-state index contributed by atoms with van der Waals surface area (Å²) in [7, 11) is 0. The Morgan fingerprint density at radius 1 is 0.402 bits per heavy atom. The summed E-state index contributed by atoms with van der Waals surface area (Å²) >= 11 is 0. The van der Waals surface area contributed by atoms with Gasteiger partial charge in [0, 0.05) is 83.8 Å². The molecule has 0 spiro atoms. The zero-order chi connectivity index (χ0) is 79.8. The lowest BCUT2D eigenvalue weighted by atomic mass is 9.78. The van der Waals surface area contributed by atoms with Gasteiger partial charge in [-0.1, -0.05) is 99.1 Å². The average molecular weight is 1450 g/mol. The first kappa shape index (κ1) is 99.2. The summed E-state index contributed by atoms with van der Waals surface area (Å²) in [5.74, 6) is -2.02. The van der Waals surface area contributed by atoms with E-state index in [0.717, 1.165) is 24.8 Å². The van der Waals surface area contributed by atoms with Gasteiger partial charge in [-0.2, -0.15) is 0 Å². The van der Waals surface area contributed by atoms with E-state index in [1.807, 2.05) is 134 Å². The average Bonchev–Trinajstić information content (AvgIpc) is 0.848. The van der Waals surface area contributed by atoms with E-state index in [-0.39, 0.29) is 158 Å². The Morgan fingerprint density at radius 3 is 1.08 bits per heavy atom. The predicted molar refractivity (Wildman–Crippen MR) is 404 cm³/mol. The van der Waals surface area contributed by atoms with Crippen molar-refractivity contribution in [2.75, 3.05) is 72.0 Å². The summed E-state index contributed by atoms with van der Waals surface area (Å²) < 4.78 is 10.1. The zero-order valence-electron chi connectivity index (χ0n) is 67.6. The second-order valence-corrected chi connectivity index (χ2v) is 34.1. The number of benzene rings is 1. The van der Waals surface area contributed by atoms with Crippen LogP contribution in [0.4, 0.5) is 9.59 Å². The number of carbonyl (C=O) groups is 12. The highest BCUT2D eigenvalue weighted by Gasteiger charge is 2.35. The smallest absolute Gasteiger partial charge is 0.407 e. The molecule has 0 saturated carbocycles. The van der Waals surface area contributed by atoms with E-state index in [0.29, 0.717) is 25.8 Å². The van der Waals surface area contributed by atoms with Crippen LogP contribution in [0.3, 0.4) is 0 Å². The number of rotatable bonds is 35. The summed E-state index contributed by atoms with van der Waals surface area (Å²) in [6, 6.07) is 9.57. The molecule has 27 heteroatoms. The van der Waals surface area contributed by atoms with Gasteiger partial charge in [-0.3, -0.25) is 47.9 Å². The number of carbonyl (C=O) groups excluding carboxylic acids is 12. The number of amides is 8. The van der Waals surface area contributed by atoms with Crippen LogP contribution in [0.25, 0.3) is 0 Å². The van der Waals surface area contributed by atoms with Crippen molar-refractivity contribution in [3.05, 3.63) is 35.9 Å². The second-order valence-electron chi connectivity index (χ2n) is 34.1. The third-order valence-electron chi connectivity index (χ3n) is 13.7. The van der Waals surface area contributed by atoms with Crippen LogP contribution in [0.2, 0.25) is 0 Å². The van der Waals surface area contributed by atoms with Gasteiger partial charge < -0.3 is 79.0 Å². The van der Waals surface area contributed by atoms with Gasteiger partial charge in [-0.25, -0.2) is 9.59 Å². The maximum Gasteiger partial charge on any atom is 0.407 e. The normalized spacial score (nSPS) is 13.1. The Morgan fingerprint density at radius 2 is 0.755 bits per heavy atom. The molecule has 0 heterocycles. The molecular weight excluding hydrogens is 1310 g/mol. The monoisotopic (exact) mass is 1450 g/mol. The van der Waals surface area contributed by atoms with E-state index in [1.54, 1.807) is 41.5 Å². The van der Waals surface area contributed by atoms with E-state index in [9.17, 15) is 57.5 Å². The van der Waals surface area contributed by atoms with E-state index >= 15 is 0 Å². The highest BCUT2D eigenvalue weighted by Crippen LogP contribution is 2.28. The number of hydrogen-bond donors (Lipinski definition) is 13. The minimum atomic E-state index is -0.587. The number of unbranched alkanes of at least 4 members (excludes halogenated alkanes) is 1. The molecule has 0 aliphatic heterocycles. The lowest BCUT2D eigenvalue weighted by molar-refractivity contribution is -0.134. The van der Waals surface area contributed by atoms with Crippen molar-refractivity contribution in [3.63, 3.8) is 0 Å². The molecule has 0 saturated heterocycles. The Kier molecular flexibility index (Phi) is 46.1. The van der Waals surface area contributed by atoms with Crippen molar-refractivity contribution in [1.29, 1.82) is 0 Å². The fourth-order valence-corrected chi connectivity index (χ4v) is 8.97. The van der Waals surface area contributed by atoms with Crippen molar-refractivity contribution in [3.8, 4) is 0 Å². The molecule has 1 rings (SSSR count). The van der Waals surface area contributed by atoms with Gasteiger partial charge in [0.1, 0.15) is 22.8 Å². The first-order valence-electron chi connectivity index (χ1n) is 35.7. The van der Waals surface area contributed by atoms with Crippen molar-refractivity contribution in [1.82, 2.24) is 63.8 Å². The van der Waals surface area contributed by atoms with Gasteiger partial charge in [0.15, 0.2) is 11.6 Å². The van der Waals surface area contributed by atoms with Crippen LogP contribution in [0.5, 0.6) is 0 Å². The minimum Gasteiger partial charge on any atom is -0.444 e. The quantitative estimate of drug-likeness (QED) is 0.0326. The molecule has 0 aliphatic rings. The zero-order valence-corrected chi connectivity index (χ0v) is 67.6. The van der Waals surface area contributed by atoms with Crippen LogP contribution in [-0.2, 0) is 63.8 Å². The van der Waals surface area contributed by atoms with Crippen LogP contribution >= 0.6 is 0 Å². The van der Waals surface area contributed by atoms with Gasteiger partial charge in [-0.05, 0) is 162 Å². The maximum atomic E-state index is 13.3. The molecule has 0 bridgehead atoms. The first-order chi connectivity index (χ1) is 46.3. The minimum absolute atomic E-state index is 0.0991. The number of Topliss-reactive ketones (excluding diaryl/α,β-unsaturated/α-hetero) is 4. The maximum absolute atomic E-state index is 13.3. The number of ketones is 4. The van der Waals surface area contributed by atoms with Gasteiger partial charge in [0.05, 0.1) is 51.4 Å². The van der Waals surface area contributed by atoms with E-state index in [2.05, 4.69) is 105 Å². The van der Waals surface area contributed by atoms with Gasteiger partial charge >= 0.3 is 12.2 Å². The van der Waals surface area contributed by atoms with Crippen molar-refractivity contribution < 1.29 is 67.0 Å². The fourth-order valence-electron chi connectivity index (χ4n) is 8.97. The number of alkyl carbamates (subject to hydrolysis) is 2. The van der Waals surface area contributed by atoms with E-state index in [4.69, 9.17) is 15.2 Å². The molecule has 0 fully saturated rings. The van der Waals surface area contributed by atoms with Crippen molar-refractivity contribution >= 4 is 70.8 Å². The Balaban J connectivity index is -0.00000129. The van der Waals surface area contributed by atoms with E-state index in [1.165, 1.54) is 0 Å². The summed E-state index contributed by atoms with van der Waals surface area (Å²) in [5, 5.41) is 32.6. The molecule has 0 aliphatic carbocycles. The molecule has 4 unspecified atom stereocenters. The second kappa shape index (κ2) is 47.4. The van der Waals surface area contributed by atoms with Crippen molar-refractivity contribution in [2.45, 2.75) is 271 Å². The number of hydrogen-bond acceptors (Lipinski definition) is 19. The third kappa shape index (κ3) is 58.6. The highest BCUT2D eigenvalue weighted by molar-refractivity contribution is 5.94. The Labute approximate surface area is 612 Å². The van der Waals surface area contributed by atoms with Crippen LogP contribution in [0, 0.1) is 28.6 Å². The van der Waals surface area contributed by atoms with Crippen LogP contribution in [0.1, 0.15) is 225 Å². The van der Waals surface area contributed by atoms with E-state index < -0.39 is 52.4 Å². The topological polar surface area (TPSA) is 394 Å². The number of ether oxygens (including phenoxy) is 2. The molecule has 102 heavy (non-hydrogen) atoms. The molecule has 8 amide bonds. The lowest BCUT2D eigenvalue weighted by Crippen LogP contribution is -2.51. The van der Waals surface area contributed by atoms with Crippen molar-refractivity contribution in [2.24, 2.45) is 34.3 Å². The first-order valence-corrected chi connectivity index (χ1v) is 35.7. The Bertz CT molecular complexity index is 2650. The van der Waals surface area contributed by atoms with Gasteiger partial charge in [0.25, 0.3) is 0 Å². The van der Waals surface area contributed by atoms with Crippen LogP contribution in [-0.4, -0.2) is 188 Å². The van der Waals surface area contributed by atoms with Gasteiger partial charge in [0.2, 0.25) is 35.4 Å². The molecule has 588 valence electrons. The summed E-state index contributed by atoms with van der Waals surface area (Å²) in [4.78, 5) is 143. The summed E-state index contributed by atoms with van der Waals surface area (Å²) in [6.07, 6.45) is 2.61. The Hall–Kier alpha value is -6.94. The van der Waals surface area contributed by atoms with Crippen LogP contribution < -0.4 is 69.5 Å². The summed E-state index contributed by atoms with van der Waals surface area (Å²) in [6.45, 7) is 52.6. The number of nitrogens with one attached hydrogen (secondary N) is 12. The largest absolute Gasteiger partial charge is 0.444 e. The molecule has 4 atom stereocenters. The molecule has 1 aromatic carbocycles. The third-order valence-corrected chi connectivity index (χ3v) is 13.7. The molecule has 27 nitrogen and oxygen atoms in total. The molecule has 0 radical (unpaired) electrons. The SMILES string of the molecule is CC(C)(C)NC(Cc1ccccc1)C(=O)CC(CCCCN)C(=O)C(C)(C)C.CC(C)(C)NCC(=O)NCC(=O)NCC(=O)NCCNC(=O)OC(C)(C)C.CC(C)(C)NCC(=O)NCC(=O)NCC(=O)NCCNC(=O)OC(C)(C)C.CC(CC(=O)C(NC(C)(C)C)C(C)C)C(=O)C(C)(C)C. The molecule has 1 aromatic rings. The highest BCUT2D eigenvalue weighted by atomic mass is 16.6. The van der Waals surface area contributed by atoms with Crippen LogP contribution in [0.15, 0.2) is 30.3 Å². The molecular formula is C75H139N13O14. The predicted octanol–water partition coefficient (Wildman–Crippen LogP) is 6.41. The fraction of sp³-hybridized carbons (Fsp3) is 0.760. The standard InChI is InChI=1S/C24H40N2O2.2C17H33N5O5.C17H33NO2/c1-23(2,3)22(28)19(14-10-11-15-25)17-21(27)20(26-24(4,5)6)16-18-12-8-7-9-13-18;2*1-16(2,3)22-11-14(25)21-10-13(24)20-9-12(23)18-7-8-19-15(26)27-17(4,5)6;1-11(2)14(18-17(7,8)9)13(19)10-12(3)15(20)16(4,5)6/h7-9,12-13,19-20,26H,10-11,14-17,25H2,1-6H3;2*22H,7-11H2,1-6H3,(H,18,23)(H,19,26)(H,20,24)(H,21,25);11-12,14,18H,10H2,1-9H3. The molecule has 0 aromatic heterocycles. The lowest BCUT2D eigenvalue weighted by Gasteiger charge is -2.31. The van der Waals surface area contributed by atoms with Gasteiger partial charge in [-0.15, -0.1) is 0 Å². The summed E-state index contributed by atoms with van der Waals surface area (Å²) in [5.41, 5.74) is 4.05.